The molecular formula is C11H19N3O3S2. The van der Waals surface area contributed by atoms with Crippen molar-refractivity contribution in [2.24, 2.45) is 0 Å². The molecule has 108 valence electrons. The summed E-state index contributed by atoms with van der Waals surface area (Å²) in [5.41, 5.74) is 5.42. The molecule has 0 bridgehead atoms. The standard InChI is InChI=1S/C11H19N3O3S2/c1-3-19(15,16)8-9(12)14-18-10(8)13-7-11(2)5-4-6-17-11/h13H,3-7H2,1-2H3,(H2,12,14). The van der Waals surface area contributed by atoms with Crippen molar-refractivity contribution in [2.75, 3.05) is 30.0 Å². The molecule has 1 unspecified atom stereocenters. The van der Waals surface area contributed by atoms with Crippen molar-refractivity contribution in [3.05, 3.63) is 0 Å². The molecule has 8 heteroatoms. The molecule has 1 fully saturated rings. The maximum absolute atomic E-state index is 12.0. The van der Waals surface area contributed by atoms with E-state index in [-0.39, 0.29) is 22.1 Å². The Balaban J connectivity index is 2.18. The molecular weight excluding hydrogens is 286 g/mol. The lowest BCUT2D eigenvalue weighted by atomic mass is 10.0. The number of hydrogen-bond acceptors (Lipinski definition) is 7. The number of nitrogen functional groups attached to an aromatic ring is 1. The monoisotopic (exact) mass is 305 g/mol. The van der Waals surface area contributed by atoms with Crippen LogP contribution in [0.15, 0.2) is 4.90 Å². The summed E-state index contributed by atoms with van der Waals surface area (Å²) < 4.78 is 33.6. The number of ether oxygens (including phenoxy) is 1. The van der Waals surface area contributed by atoms with Gasteiger partial charge in [-0.25, -0.2) is 8.42 Å². The second-order valence-corrected chi connectivity index (χ2v) is 7.87. The van der Waals surface area contributed by atoms with E-state index in [2.05, 4.69) is 9.69 Å². The molecule has 0 amide bonds. The molecule has 1 saturated heterocycles. The van der Waals surface area contributed by atoms with E-state index in [1.165, 1.54) is 0 Å². The Hall–Kier alpha value is -0.860. The quantitative estimate of drug-likeness (QED) is 0.856. The Labute approximate surface area is 117 Å². The fourth-order valence-electron chi connectivity index (χ4n) is 2.10. The molecule has 19 heavy (non-hydrogen) atoms. The van der Waals surface area contributed by atoms with E-state index in [0.29, 0.717) is 11.5 Å². The topological polar surface area (TPSA) is 94.3 Å². The third kappa shape index (κ3) is 3.01. The van der Waals surface area contributed by atoms with E-state index in [9.17, 15) is 8.42 Å². The van der Waals surface area contributed by atoms with Crippen LogP contribution in [0.3, 0.4) is 0 Å². The lowest BCUT2D eigenvalue weighted by Crippen LogP contribution is -2.32. The molecule has 1 aromatic heterocycles. The summed E-state index contributed by atoms with van der Waals surface area (Å²) in [6, 6.07) is 0. The van der Waals surface area contributed by atoms with Gasteiger partial charge in [0.05, 0.1) is 11.4 Å². The van der Waals surface area contributed by atoms with Gasteiger partial charge < -0.3 is 15.8 Å². The third-order valence-corrected chi connectivity index (χ3v) is 6.03. The van der Waals surface area contributed by atoms with E-state index in [1.807, 2.05) is 6.92 Å². The van der Waals surface area contributed by atoms with E-state index < -0.39 is 9.84 Å². The van der Waals surface area contributed by atoms with Gasteiger partial charge in [0.25, 0.3) is 0 Å². The van der Waals surface area contributed by atoms with Gasteiger partial charge in [-0.3, -0.25) is 0 Å². The first-order valence-electron chi connectivity index (χ1n) is 6.24. The molecule has 1 aromatic rings. The minimum Gasteiger partial charge on any atom is -0.382 e. The van der Waals surface area contributed by atoms with Crippen LogP contribution in [0.25, 0.3) is 0 Å². The summed E-state index contributed by atoms with van der Waals surface area (Å²) in [4.78, 5) is 0.126. The fourth-order valence-corrected chi connectivity index (χ4v) is 4.26. The van der Waals surface area contributed by atoms with Crippen LogP contribution in [0.5, 0.6) is 0 Å². The minimum absolute atomic E-state index is 0.0120. The zero-order valence-corrected chi connectivity index (χ0v) is 12.7. The summed E-state index contributed by atoms with van der Waals surface area (Å²) in [6.45, 7) is 4.92. The van der Waals surface area contributed by atoms with Crippen molar-refractivity contribution < 1.29 is 13.2 Å². The first-order chi connectivity index (χ1) is 8.88. The predicted molar refractivity (Wildman–Crippen MR) is 76.3 cm³/mol. The maximum atomic E-state index is 12.0. The lowest BCUT2D eigenvalue weighted by molar-refractivity contribution is 0.0315. The predicted octanol–water partition coefficient (Wildman–Crippen LogP) is 1.50. The molecule has 1 aliphatic rings. The molecule has 6 nitrogen and oxygen atoms in total. The van der Waals surface area contributed by atoms with Crippen molar-refractivity contribution in [1.29, 1.82) is 0 Å². The molecule has 0 saturated carbocycles. The van der Waals surface area contributed by atoms with Crippen LogP contribution < -0.4 is 11.1 Å². The number of anilines is 2. The van der Waals surface area contributed by atoms with E-state index >= 15 is 0 Å². The van der Waals surface area contributed by atoms with E-state index in [0.717, 1.165) is 31.0 Å². The second-order valence-electron chi connectivity index (χ2n) is 4.88. The van der Waals surface area contributed by atoms with Gasteiger partial charge >= 0.3 is 0 Å². The fraction of sp³-hybridized carbons (Fsp3) is 0.727. The van der Waals surface area contributed by atoms with Gasteiger partial charge in [-0.2, -0.15) is 4.37 Å². The highest BCUT2D eigenvalue weighted by Crippen LogP contribution is 2.33. The van der Waals surface area contributed by atoms with Crippen LogP contribution in [0, 0.1) is 0 Å². The Bertz CT molecular complexity index is 548. The summed E-state index contributed by atoms with van der Waals surface area (Å²) in [6.07, 6.45) is 1.99. The second kappa shape index (κ2) is 5.26. The van der Waals surface area contributed by atoms with E-state index in [4.69, 9.17) is 10.5 Å². The third-order valence-electron chi connectivity index (χ3n) is 3.29. The van der Waals surface area contributed by atoms with Gasteiger partial charge in [0.2, 0.25) is 0 Å². The molecule has 1 atom stereocenters. The number of rotatable bonds is 5. The normalized spacial score (nSPS) is 23.7. The number of nitrogens with two attached hydrogens (primary N) is 1. The average Bonchev–Trinajstić information content (AvgIpc) is 2.94. The average molecular weight is 305 g/mol. The van der Waals surface area contributed by atoms with Gasteiger partial charge in [-0.1, -0.05) is 6.92 Å². The van der Waals surface area contributed by atoms with Crippen LogP contribution >= 0.6 is 11.5 Å². The number of aromatic nitrogens is 1. The Morgan fingerprint density at radius 1 is 1.58 bits per heavy atom. The Kier molecular flexibility index (Phi) is 4.03. The summed E-state index contributed by atoms with van der Waals surface area (Å²) in [5.74, 6) is 0.0877. The molecule has 1 aliphatic heterocycles. The molecule has 0 aromatic carbocycles. The molecule has 0 aliphatic carbocycles. The lowest BCUT2D eigenvalue weighted by Gasteiger charge is -2.23. The maximum Gasteiger partial charge on any atom is 0.184 e. The van der Waals surface area contributed by atoms with Gasteiger partial charge in [0, 0.05) is 13.2 Å². The molecule has 0 radical (unpaired) electrons. The molecule has 2 rings (SSSR count). The van der Waals surface area contributed by atoms with Gasteiger partial charge in [-0.15, -0.1) is 0 Å². The van der Waals surface area contributed by atoms with Crippen molar-refractivity contribution in [1.82, 2.24) is 4.37 Å². The number of sulfone groups is 1. The zero-order valence-electron chi connectivity index (χ0n) is 11.1. The highest BCUT2D eigenvalue weighted by molar-refractivity contribution is 7.91. The minimum atomic E-state index is -3.36. The van der Waals surface area contributed by atoms with E-state index in [1.54, 1.807) is 6.92 Å². The SMILES string of the molecule is CCS(=O)(=O)c1c(N)nsc1NCC1(C)CCCO1. The Morgan fingerprint density at radius 3 is 2.89 bits per heavy atom. The first-order valence-corrected chi connectivity index (χ1v) is 8.66. The highest BCUT2D eigenvalue weighted by atomic mass is 32.2. The van der Waals surface area contributed by atoms with Crippen molar-refractivity contribution >= 4 is 32.2 Å². The van der Waals surface area contributed by atoms with Crippen molar-refractivity contribution in [3.63, 3.8) is 0 Å². The number of nitrogens with zero attached hydrogens (tertiary/aromatic N) is 1. The smallest absolute Gasteiger partial charge is 0.184 e. The van der Waals surface area contributed by atoms with Crippen molar-refractivity contribution in [3.8, 4) is 0 Å². The first kappa shape index (κ1) is 14.5. The van der Waals surface area contributed by atoms with Crippen LogP contribution in [0.1, 0.15) is 26.7 Å². The molecule has 3 N–H and O–H groups in total. The summed E-state index contributed by atoms with van der Waals surface area (Å²) >= 11 is 1.08. The summed E-state index contributed by atoms with van der Waals surface area (Å²) in [7, 11) is -3.36. The number of hydrogen-bond donors (Lipinski definition) is 2. The Morgan fingerprint density at radius 2 is 2.32 bits per heavy atom. The van der Waals surface area contributed by atoms with Crippen LogP contribution in [-0.4, -0.2) is 37.3 Å². The van der Waals surface area contributed by atoms with Crippen molar-refractivity contribution in [2.45, 2.75) is 37.2 Å². The van der Waals surface area contributed by atoms with Gasteiger partial charge in [-0.05, 0) is 31.3 Å². The van der Waals surface area contributed by atoms with Crippen LogP contribution in [0.2, 0.25) is 0 Å². The van der Waals surface area contributed by atoms with Gasteiger partial charge in [0.15, 0.2) is 15.7 Å². The molecule has 2 heterocycles. The number of nitrogens with one attached hydrogen (secondary N) is 1. The summed E-state index contributed by atoms with van der Waals surface area (Å²) in [5, 5.41) is 3.64. The zero-order chi connectivity index (χ0) is 14.1. The highest BCUT2D eigenvalue weighted by Gasteiger charge is 2.31. The van der Waals surface area contributed by atoms with Crippen LogP contribution in [0.4, 0.5) is 10.8 Å². The molecule has 0 spiro atoms. The van der Waals surface area contributed by atoms with Gasteiger partial charge in [0.1, 0.15) is 9.90 Å². The largest absolute Gasteiger partial charge is 0.382 e. The van der Waals surface area contributed by atoms with Crippen LogP contribution in [-0.2, 0) is 14.6 Å².